The summed E-state index contributed by atoms with van der Waals surface area (Å²) in [4.78, 5) is 9.22. The van der Waals surface area contributed by atoms with Gasteiger partial charge in [-0.1, -0.05) is 30.3 Å². The number of pyridine rings is 1. The Morgan fingerprint density at radius 3 is 2.85 bits per heavy atom. The van der Waals surface area contributed by atoms with Crippen molar-refractivity contribution in [3.63, 3.8) is 0 Å². The molecule has 7 heteroatoms. The Hall–Kier alpha value is -1.96. The average Bonchev–Trinajstić information content (AvgIpc) is 3.16. The van der Waals surface area contributed by atoms with Crippen LogP contribution in [0.25, 0.3) is 21.3 Å². The molecule has 0 spiro atoms. The number of benzene rings is 1. The van der Waals surface area contributed by atoms with E-state index in [4.69, 9.17) is 15.5 Å². The topological polar surface area (TPSA) is 66.0 Å². The van der Waals surface area contributed by atoms with Crippen LogP contribution in [0.1, 0.15) is 17.8 Å². The normalized spacial score (nSPS) is 11.6. The zero-order valence-corrected chi connectivity index (χ0v) is 16.8. The van der Waals surface area contributed by atoms with Gasteiger partial charge in [-0.05, 0) is 34.0 Å². The van der Waals surface area contributed by atoms with Crippen LogP contribution in [0.5, 0.6) is 0 Å². The molecule has 4 rings (SSSR count). The summed E-state index contributed by atoms with van der Waals surface area (Å²) in [7, 11) is 2.04. The van der Waals surface area contributed by atoms with Crippen molar-refractivity contribution < 1.29 is 4.74 Å². The number of rotatable bonds is 6. The second-order valence-corrected chi connectivity index (χ2v) is 8.62. The molecule has 4 aromatic rings. The summed E-state index contributed by atoms with van der Waals surface area (Å²) in [5.41, 5.74) is 10.1. The predicted octanol–water partition coefficient (Wildman–Crippen LogP) is 4.68. The van der Waals surface area contributed by atoms with E-state index in [-0.39, 0.29) is 0 Å². The summed E-state index contributed by atoms with van der Waals surface area (Å²) >= 11 is 5.20. The fourth-order valence-electron chi connectivity index (χ4n) is 3.09. The summed E-state index contributed by atoms with van der Waals surface area (Å²) in [6.07, 6.45) is 1.75. The molecule has 1 aromatic carbocycles. The van der Waals surface area contributed by atoms with Crippen molar-refractivity contribution in [2.75, 3.05) is 12.3 Å². The lowest BCUT2D eigenvalue weighted by molar-refractivity contribution is 0.118. The third-order valence-corrected chi connectivity index (χ3v) is 6.00. The third kappa shape index (κ3) is 3.34. The minimum absolute atomic E-state index is 0.486. The number of hydrogen-bond acceptors (Lipinski definition) is 5. The SMILES string of the molecule is Cn1c(CCCOCc2ccccc2)nc2c(N)nc3cc(Br)sc3c21. The zero-order valence-electron chi connectivity index (χ0n) is 14.4. The van der Waals surface area contributed by atoms with Gasteiger partial charge in [0.25, 0.3) is 0 Å². The molecule has 2 N–H and O–H groups in total. The molecule has 0 fully saturated rings. The van der Waals surface area contributed by atoms with Crippen molar-refractivity contribution in [3.05, 3.63) is 51.6 Å². The number of anilines is 1. The molecule has 0 unspecified atom stereocenters. The molecular weight excluding hydrogens is 412 g/mol. The first-order valence-electron chi connectivity index (χ1n) is 8.45. The number of nitrogen functional groups attached to an aromatic ring is 1. The van der Waals surface area contributed by atoms with Gasteiger partial charge in [-0.25, -0.2) is 9.97 Å². The smallest absolute Gasteiger partial charge is 0.152 e. The Bertz CT molecular complexity index is 1060. The fourth-order valence-corrected chi connectivity index (χ4v) is 4.70. The first-order valence-corrected chi connectivity index (χ1v) is 10.1. The zero-order chi connectivity index (χ0) is 18.1. The Labute approximate surface area is 163 Å². The number of imidazole rings is 1. The van der Waals surface area contributed by atoms with E-state index in [1.54, 1.807) is 11.3 Å². The van der Waals surface area contributed by atoms with Crippen molar-refractivity contribution >= 4 is 54.3 Å². The van der Waals surface area contributed by atoms with Crippen LogP contribution in [0.3, 0.4) is 0 Å². The van der Waals surface area contributed by atoms with E-state index >= 15 is 0 Å². The molecule has 0 atom stereocenters. The van der Waals surface area contributed by atoms with E-state index in [9.17, 15) is 0 Å². The Balaban J connectivity index is 1.48. The molecule has 0 bridgehead atoms. The highest BCUT2D eigenvalue weighted by molar-refractivity contribution is 9.11. The second-order valence-electron chi connectivity index (χ2n) is 6.19. The van der Waals surface area contributed by atoms with E-state index in [0.29, 0.717) is 19.0 Å². The lowest BCUT2D eigenvalue weighted by Crippen LogP contribution is -2.02. The van der Waals surface area contributed by atoms with Gasteiger partial charge in [0.05, 0.1) is 26.1 Å². The van der Waals surface area contributed by atoms with Gasteiger partial charge in [0.1, 0.15) is 11.3 Å². The number of halogens is 1. The monoisotopic (exact) mass is 430 g/mol. The predicted molar refractivity (Wildman–Crippen MR) is 110 cm³/mol. The third-order valence-electron chi connectivity index (χ3n) is 4.37. The summed E-state index contributed by atoms with van der Waals surface area (Å²) in [6, 6.07) is 12.2. The van der Waals surface area contributed by atoms with Crippen molar-refractivity contribution in [1.82, 2.24) is 14.5 Å². The second kappa shape index (κ2) is 7.34. The number of ether oxygens (including phenoxy) is 1. The van der Waals surface area contributed by atoms with Crippen LogP contribution in [-0.4, -0.2) is 21.1 Å². The van der Waals surface area contributed by atoms with Crippen LogP contribution >= 0.6 is 27.3 Å². The number of thiophene rings is 1. The highest BCUT2D eigenvalue weighted by Crippen LogP contribution is 2.36. The van der Waals surface area contributed by atoms with Crippen LogP contribution < -0.4 is 5.73 Å². The fraction of sp³-hybridized carbons (Fsp3) is 0.263. The minimum atomic E-state index is 0.486. The molecule has 0 aliphatic rings. The quantitative estimate of drug-likeness (QED) is 0.451. The maximum Gasteiger partial charge on any atom is 0.152 e. The molecule has 0 amide bonds. The number of fused-ring (bicyclic) bond motifs is 3. The van der Waals surface area contributed by atoms with Gasteiger partial charge in [-0.15, -0.1) is 11.3 Å². The molecule has 5 nitrogen and oxygen atoms in total. The van der Waals surface area contributed by atoms with E-state index in [1.807, 2.05) is 31.3 Å². The van der Waals surface area contributed by atoms with E-state index < -0.39 is 0 Å². The van der Waals surface area contributed by atoms with Gasteiger partial charge in [0.15, 0.2) is 5.82 Å². The van der Waals surface area contributed by atoms with Crippen LogP contribution in [-0.2, 0) is 24.8 Å². The average molecular weight is 431 g/mol. The molecule has 0 radical (unpaired) electrons. The highest BCUT2D eigenvalue weighted by atomic mass is 79.9. The van der Waals surface area contributed by atoms with Gasteiger partial charge in [-0.3, -0.25) is 0 Å². The maximum absolute atomic E-state index is 6.13. The van der Waals surface area contributed by atoms with Crippen LogP contribution in [0.2, 0.25) is 0 Å². The lowest BCUT2D eigenvalue weighted by atomic mass is 10.2. The number of hydrogen-bond donors (Lipinski definition) is 1. The van der Waals surface area contributed by atoms with Gasteiger partial charge >= 0.3 is 0 Å². The minimum Gasteiger partial charge on any atom is -0.382 e. The van der Waals surface area contributed by atoms with Crippen LogP contribution in [0.15, 0.2) is 40.2 Å². The van der Waals surface area contributed by atoms with E-state index in [2.05, 4.69) is 37.6 Å². The Kier molecular flexibility index (Phi) is 4.93. The number of nitrogens with two attached hydrogens (primary N) is 1. The number of aromatic nitrogens is 3. The molecule has 0 aliphatic carbocycles. The van der Waals surface area contributed by atoms with E-state index in [1.165, 1.54) is 5.56 Å². The van der Waals surface area contributed by atoms with Crippen molar-refractivity contribution in [2.45, 2.75) is 19.4 Å². The molecular formula is C19H19BrN4OS. The lowest BCUT2D eigenvalue weighted by Gasteiger charge is -2.05. The Morgan fingerprint density at radius 1 is 1.23 bits per heavy atom. The summed E-state index contributed by atoms with van der Waals surface area (Å²) < 4.78 is 10.1. The Morgan fingerprint density at radius 2 is 2.04 bits per heavy atom. The van der Waals surface area contributed by atoms with Gasteiger partial charge < -0.3 is 15.0 Å². The van der Waals surface area contributed by atoms with Crippen LogP contribution in [0, 0.1) is 0 Å². The number of aryl methyl sites for hydroxylation is 2. The molecule has 134 valence electrons. The first-order chi connectivity index (χ1) is 12.6. The maximum atomic E-state index is 6.13. The van der Waals surface area contributed by atoms with Gasteiger partial charge in [0, 0.05) is 20.1 Å². The number of nitrogens with zero attached hydrogens (tertiary/aromatic N) is 3. The van der Waals surface area contributed by atoms with Crippen LogP contribution in [0.4, 0.5) is 5.82 Å². The van der Waals surface area contributed by atoms with Crippen molar-refractivity contribution in [2.24, 2.45) is 7.05 Å². The molecule has 26 heavy (non-hydrogen) atoms. The van der Waals surface area contributed by atoms with Gasteiger partial charge in [-0.2, -0.15) is 0 Å². The first kappa shape index (κ1) is 17.5. The summed E-state index contributed by atoms with van der Waals surface area (Å²) in [5, 5.41) is 0. The molecule has 0 aliphatic heterocycles. The molecule has 0 saturated heterocycles. The van der Waals surface area contributed by atoms with Gasteiger partial charge in [0.2, 0.25) is 0 Å². The van der Waals surface area contributed by atoms with Crippen molar-refractivity contribution in [3.8, 4) is 0 Å². The standard InChI is InChI=1S/C19H19BrN4OS/c1-24-15(8-5-9-25-11-12-6-3-2-4-7-12)23-16-17(24)18-13(22-19(16)21)10-14(20)26-18/h2-4,6-7,10H,5,8-9,11H2,1H3,(H2,21,22). The molecule has 3 aromatic heterocycles. The van der Waals surface area contributed by atoms with E-state index in [0.717, 1.165) is 43.7 Å². The summed E-state index contributed by atoms with van der Waals surface area (Å²) in [6.45, 7) is 1.34. The summed E-state index contributed by atoms with van der Waals surface area (Å²) in [5.74, 6) is 1.49. The van der Waals surface area contributed by atoms with Crippen molar-refractivity contribution in [1.29, 1.82) is 0 Å². The molecule has 3 heterocycles. The highest BCUT2D eigenvalue weighted by Gasteiger charge is 2.16. The largest absolute Gasteiger partial charge is 0.382 e. The molecule has 0 saturated carbocycles.